The maximum absolute atomic E-state index is 11.9. The second-order valence-corrected chi connectivity index (χ2v) is 4.91. The van der Waals surface area contributed by atoms with Crippen molar-refractivity contribution in [2.24, 2.45) is 5.73 Å². The summed E-state index contributed by atoms with van der Waals surface area (Å²) in [4.78, 5) is 15.8. The average Bonchev–Trinajstić information content (AvgIpc) is 2.35. The van der Waals surface area contributed by atoms with Crippen LogP contribution in [0.4, 0.5) is 0 Å². The number of hydrogen-bond acceptors (Lipinski definition) is 4. The van der Waals surface area contributed by atoms with Crippen LogP contribution in [0.3, 0.4) is 0 Å². The van der Waals surface area contributed by atoms with Crippen molar-refractivity contribution in [3.8, 4) is 0 Å². The molecule has 0 heterocycles. The largest absolute Gasteiger partial charge is 0.396 e. The van der Waals surface area contributed by atoms with E-state index in [1.54, 1.807) is 4.90 Å². The first-order valence-corrected chi connectivity index (χ1v) is 6.81. The van der Waals surface area contributed by atoms with Crippen molar-refractivity contribution in [2.75, 3.05) is 39.8 Å². The van der Waals surface area contributed by atoms with E-state index in [0.717, 1.165) is 32.5 Å². The van der Waals surface area contributed by atoms with Crippen LogP contribution < -0.4 is 5.73 Å². The van der Waals surface area contributed by atoms with Crippen LogP contribution in [0.25, 0.3) is 0 Å². The Labute approximate surface area is 111 Å². The molecule has 0 aromatic carbocycles. The van der Waals surface area contributed by atoms with Crippen LogP contribution in [0.1, 0.15) is 33.1 Å². The Morgan fingerprint density at radius 1 is 1.22 bits per heavy atom. The average molecular weight is 259 g/mol. The van der Waals surface area contributed by atoms with Crippen molar-refractivity contribution in [2.45, 2.75) is 39.2 Å². The maximum atomic E-state index is 11.9. The first-order chi connectivity index (χ1) is 8.52. The number of nitrogens with two attached hydrogens (primary N) is 1. The Bertz CT molecular complexity index is 222. The predicted octanol–water partition coefficient (Wildman–Crippen LogP) is 0.277. The Morgan fingerprint density at radius 2 is 1.89 bits per heavy atom. The molecule has 5 nitrogen and oxygen atoms in total. The number of nitrogens with zero attached hydrogens (tertiary/aromatic N) is 2. The smallest absolute Gasteiger partial charge is 0.223 e. The minimum absolute atomic E-state index is 0.165. The molecule has 0 atom stereocenters. The van der Waals surface area contributed by atoms with Gasteiger partial charge in [-0.2, -0.15) is 0 Å². The third kappa shape index (κ3) is 7.63. The van der Waals surface area contributed by atoms with E-state index < -0.39 is 0 Å². The molecule has 0 aliphatic heterocycles. The molecule has 0 aromatic rings. The van der Waals surface area contributed by atoms with Crippen molar-refractivity contribution in [1.29, 1.82) is 0 Å². The lowest BCUT2D eigenvalue weighted by molar-refractivity contribution is -0.130. The number of hydrogen-bond donors (Lipinski definition) is 2. The molecule has 0 aliphatic carbocycles. The summed E-state index contributed by atoms with van der Waals surface area (Å²) in [5.74, 6) is 0.165. The van der Waals surface area contributed by atoms with Crippen molar-refractivity contribution >= 4 is 5.91 Å². The van der Waals surface area contributed by atoms with Crippen LogP contribution in [0.2, 0.25) is 0 Å². The van der Waals surface area contributed by atoms with E-state index >= 15 is 0 Å². The molecule has 0 saturated heterocycles. The molecule has 0 aromatic heterocycles. The Balaban J connectivity index is 3.98. The van der Waals surface area contributed by atoms with E-state index in [9.17, 15) is 4.79 Å². The SMILES string of the molecule is CC(C)N(CCCO)CCC(=O)N(C)CCCN. The highest BCUT2D eigenvalue weighted by Crippen LogP contribution is 2.03. The topological polar surface area (TPSA) is 69.8 Å². The minimum Gasteiger partial charge on any atom is -0.396 e. The second-order valence-electron chi connectivity index (χ2n) is 4.91. The Kier molecular flexibility index (Phi) is 9.92. The maximum Gasteiger partial charge on any atom is 0.223 e. The molecular weight excluding hydrogens is 230 g/mol. The van der Waals surface area contributed by atoms with Gasteiger partial charge in [0.25, 0.3) is 0 Å². The second kappa shape index (κ2) is 10.3. The van der Waals surface area contributed by atoms with Gasteiger partial charge in [-0.1, -0.05) is 0 Å². The van der Waals surface area contributed by atoms with Crippen LogP contribution in [0.15, 0.2) is 0 Å². The highest BCUT2D eigenvalue weighted by atomic mass is 16.3. The first kappa shape index (κ1) is 17.4. The summed E-state index contributed by atoms with van der Waals surface area (Å²) < 4.78 is 0. The summed E-state index contributed by atoms with van der Waals surface area (Å²) in [7, 11) is 1.82. The summed E-state index contributed by atoms with van der Waals surface area (Å²) in [5, 5.41) is 8.85. The molecule has 18 heavy (non-hydrogen) atoms. The molecular formula is C13H29N3O2. The summed E-state index contributed by atoms with van der Waals surface area (Å²) in [6.45, 7) is 7.37. The molecule has 0 aliphatic rings. The lowest BCUT2D eigenvalue weighted by Gasteiger charge is -2.27. The number of carbonyl (C=O) groups excluding carboxylic acids is 1. The molecule has 0 fully saturated rings. The number of carbonyl (C=O) groups is 1. The lowest BCUT2D eigenvalue weighted by atomic mass is 10.2. The van der Waals surface area contributed by atoms with Crippen LogP contribution >= 0.6 is 0 Å². The van der Waals surface area contributed by atoms with Crippen molar-refractivity contribution < 1.29 is 9.90 Å². The number of aliphatic hydroxyl groups is 1. The number of aliphatic hydroxyl groups excluding tert-OH is 1. The van der Waals surface area contributed by atoms with Gasteiger partial charge >= 0.3 is 0 Å². The summed E-state index contributed by atoms with van der Waals surface area (Å²) in [6.07, 6.45) is 2.14. The molecule has 0 saturated carbocycles. The van der Waals surface area contributed by atoms with Crippen LogP contribution in [0.5, 0.6) is 0 Å². The zero-order chi connectivity index (χ0) is 14.0. The van der Waals surface area contributed by atoms with Gasteiger partial charge in [0.2, 0.25) is 5.91 Å². The predicted molar refractivity (Wildman–Crippen MR) is 74.3 cm³/mol. The van der Waals surface area contributed by atoms with Crippen LogP contribution in [0, 0.1) is 0 Å². The van der Waals surface area contributed by atoms with Gasteiger partial charge in [-0.15, -0.1) is 0 Å². The van der Waals surface area contributed by atoms with Crippen molar-refractivity contribution in [1.82, 2.24) is 9.80 Å². The molecule has 0 bridgehead atoms. The van der Waals surface area contributed by atoms with Crippen LogP contribution in [-0.4, -0.2) is 66.7 Å². The van der Waals surface area contributed by atoms with E-state index in [4.69, 9.17) is 10.8 Å². The fourth-order valence-electron chi connectivity index (χ4n) is 1.79. The summed E-state index contributed by atoms with van der Waals surface area (Å²) in [6, 6.07) is 0.402. The van der Waals surface area contributed by atoms with Crippen molar-refractivity contribution in [3.63, 3.8) is 0 Å². The third-order valence-electron chi connectivity index (χ3n) is 3.07. The standard InChI is InChI=1S/C13H29N3O2/c1-12(2)16(9-5-11-17)10-6-13(18)15(3)8-4-7-14/h12,17H,4-11,14H2,1-3H3. The van der Waals surface area contributed by atoms with E-state index in [-0.39, 0.29) is 12.5 Å². The highest BCUT2D eigenvalue weighted by Gasteiger charge is 2.13. The van der Waals surface area contributed by atoms with Gasteiger partial charge in [-0.3, -0.25) is 4.79 Å². The quantitative estimate of drug-likeness (QED) is 0.591. The fraction of sp³-hybridized carbons (Fsp3) is 0.923. The van der Waals surface area contributed by atoms with Gasteiger partial charge in [0.05, 0.1) is 0 Å². The summed E-state index contributed by atoms with van der Waals surface area (Å²) in [5.41, 5.74) is 5.42. The van der Waals surface area contributed by atoms with Gasteiger partial charge in [0.1, 0.15) is 0 Å². The molecule has 0 spiro atoms. The van der Waals surface area contributed by atoms with Gasteiger partial charge in [0.15, 0.2) is 0 Å². The van der Waals surface area contributed by atoms with E-state index in [2.05, 4.69) is 18.7 Å². The molecule has 3 N–H and O–H groups in total. The number of amides is 1. The number of rotatable bonds is 10. The summed E-state index contributed by atoms with van der Waals surface area (Å²) >= 11 is 0. The van der Waals surface area contributed by atoms with E-state index in [0.29, 0.717) is 19.0 Å². The molecule has 0 rings (SSSR count). The van der Waals surface area contributed by atoms with Gasteiger partial charge in [0, 0.05) is 45.8 Å². The minimum atomic E-state index is 0.165. The lowest BCUT2D eigenvalue weighted by Crippen LogP contribution is -2.37. The van der Waals surface area contributed by atoms with Crippen LogP contribution in [-0.2, 0) is 4.79 Å². The monoisotopic (exact) mass is 259 g/mol. The normalized spacial score (nSPS) is 11.3. The molecule has 1 amide bonds. The van der Waals surface area contributed by atoms with E-state index in [1.807, 2.05) is 7.05 Å². The first-order valence-electron chi connectivity index (χ1n) is 6.81. The van der Waals surface area contributed by atoms with Crippen molar-refractivity contribution in [3.05, 3.63) is 0 Å². The molecule has 108 valence electrons. The highest BCUT2D eigenvalue weighted by molar-refractivity contribution is 5.76. The Morgan fingerprint density at radius 3 is 2.39 bits per heavy atom. The Hall–Kier alpha value is -0.650. The van der Waals surface area contributed by atoms with Gasteiger partial charge in [-0.05, 0) is 33.2 Å². The zero-order valence-corrected chi connectivity index (χ0v) is 12.1. The molecule has 0 radical (unpaired) electrons. The van der Waals surface area contributed by atoms with Gasteiger partial charge in [-0.25, -0.2) is 0 Å². The molecule has 0 unspecified atom stereocenters. The molecule has 5 heteroatoms. The van der Waals surface area contributed by atoms with Gasteiger partial charge < -0.3 is 20.6 Å². The van der Waals surface area contributed by atoms with E-state index in [1.165, 1.54) is 0 Å². The third-order valence-corrected chi connectivity index (χ3v) is 3.07. The zero-order valence-electron chi connectivity index (χ0n) is 12.1. The fourth-order valence-corrected chi connectivity index (χ4v) is 1.79.